The van der Waals surface area contributed by atoms with E-state index >= 15 is 0 Å². The van der Waals surface area contributed by atoms with Crippen LogP contribution in [-0.4, -0.2) is 59.7 Å². The van der Waals surface area contributed by atoms with Crippen molar-refractivity contribution in [2.75, 3.05) is 45.9 Å². The van der Waals surface area contributed by atoms with Crippen LogP contribution in [0.5, 0.6) is 12.0 Å². The Labute approximate surface area is 165 Å². The Balaban J connectivity index is 1.61. The van der Waals surface area contributed by atoms with Gasteiger partial charge >= 0.3 is 6.01 Å². The third kappa shape index (κ3) is 5.23. The van der Waals surface area contributed by atoms with Gasteiger partial charge in [0.15, 0.2) is 17.0 Å². The molecular weight excluding hydrogens is 362 g/mol. The second-order valence-corrected chi connectivity index (χ2v) is 6.97. The lowest BCUT2D eigenvalue weighted by Gasteiger charge is -2.21. The lowest BCUT2D eigenvalue weighted by Crippen LogP contribution is -2.18. The maximum absolute atomic E-state index is 6.05. The molecule has 28 heavy (non-hydrogen) atoms. The third-order valence-corrected chi connectivity index (χ3v) is 4.95. The predicted octanol–water partition coefficient (Wildman–Crippen LogP) is 2.43. The standard InChI is InChI=1S/C19H31N5O4/c1-3-4-9-28-18-22-16(20)15-17(23-18)24(19(21-15)25-2)8-13-27-12-7-14-5-10-26-11-6-14/h14H,3-13H2,1-2H3,(H2,20,22,23). The minimum Gasteiger partial charge on any atom is -0.468 e. The molecular formula is C19H31N5O4. The van der Waals surface area contributed by atoms with Crippen LogP contribution in [0, 0.1) is 5.92 Å². The van der Waals surface area contributed by atoms with Gasteiger partial charge in [-0.2, -0.15) is 15.0 Å². The first-order valence-corrected chi connectivity index (χ1v) is 10.1. The van der Waals surface area contributed by atoms with Crippen LogP contribution in [0.3, 0.4) is 0 Å². The van der Waals surface area contributed by atoms with Crippen molar-refractivity contribution in [3.8, 4) is 12.0 Å². The number of nitrogens with two attached hydrogens (primary N) is 1. The van der Waals surface area contributed by atoms with E-state index in [1.807, 2.05) is 4.57 Å². The summed E-state index contributed by atoms with van der Waals surface area (Å²) in [5, 5.41) is 0. The van der Waals surface area contributed by atoms with Crippen LogP contribution in [-0.2, 0) is 16.0 Å². The molecule has 3 rings (SSSR count). The highest BCUT2D eigenvalue weighted by Crippen LogP contribution is 2.25. The van der Waals surface area contributed by atoms with E-state index in [2.05, 4.69) is 21.9 Å². The number of rotatable bonds is 11. The smallest absolute Gasteiger partial charge is 0.320 e. The summed E-state index contributed by atoms with van der Waals surface area (Å²) in [5.74, 6) is 0.988. The zero-order valence-electron chi connectivity index (χ0n) is 16.9. The van der Waals surface area contributed by atoms with Crippen LogP contribution in [0.15, 0.2) is 0 Å². The fourth-order valence-electron chi connectivity index (χ4n) is 3.25. The van der Waals surface area contributed by atoms with Crippen molar-refractivity contribution in [3.05, 3.63) is 0 Å². The number of ether oxygens (including phenoxy) is 4. The van der Waals surface area contributed by atoms with Crippen molar-refractivity contribution < 1.29 is 18.9 Å². The van der Waals surface area contributed by atoms with Crippen molar-refractivity contribution in [3.63, 3.8) is 0 Å². The Hall–Kier alpha value is -2.13. The number of aromatic nitrogens is 4. The first-order valence-electron chi connectivity index (χ1n) is 10.1. The van der Waals surface area contributed by atoms with Crippen LogP contribution in [0.25, 0.3) is 11.2 Å². The fourth-order valence-corrected chi connectivity index (χ4v) is 3.25. The van der Waals surface area contributed by atoms with E-state index in [1.54, 1.807) is 7.11 Å². The van der Waals surface area contributed by atoms with Gasteiger partial charge in [0.05, 0.1) is 26.9 Å². The van der Waals surface area contributed by atoms with Gasteiger partial charge in [-0.3, -0.25) is 4.57 Å². The lowest BCUT2D eigenvalue weighted by molar-refractivity contribution is 0.0462. The van der Waals surface area contributed by atoms with E-state index in [1.165, 1.54) is 0 Å². The molecule has 0 radical (unpaired) electrons. The quantitative estimate of drug-likeness (QED) is 0.580. The molecule has 2 aromatic rings. The highest BCUT2D eigenvalue weighted by molar-refractivity contribution is 5.83. The van der Waals surface area contributed by atoms with Gasteiger partial charge in [0, 0.05) is 19.8 Å². The molecule has 1 aliphatic rings. The van der Waals surface area contributed by atoms with E-state index in [9.17, 15) is 0 Å². The summed E-state index contributed by atoms with van der Waals surface area (Å²) in [6.07, 6.45) is 5.29. The van der Waals surface area contributed by atoms with Gasteiger partial charge in [0.2, 0.25) is 0 Å². The van der Waals surface area contributed by atoms with Gasteiger partial charge in [-0.15, -0.1) is 0 Å². The molecule has 9 nitrogen and oxygen atoms in total. The first kappa shape index (κ1) is 20.6. The van der Waals surface area contributed by atoms with Crippen LogP contribution >= 0.6 is 0 Å². The van der Waals surface area contributed by atoms with Crippen LogP contribution in [0.4, 0.5) is 5.82 Å². The van der Waals surface area contributed by atoms with Gasteiger partial charge < -0.3 is 24.7 Å². The number of anilines is 1. The zero-order chi connectivity index (χ0) is 19.8. The molecule has 1 saturated heterocycles. The van der Waals surface area contributed by atoms with Crippen LogP contribution < -0.4 is 15.2 Å². The number of imidazole rings is 1. The Bertz CT molecular complexity index is 745. The molecule has 0 atom stereocenters. The van der Waals surface area contributed by atoms with Crippen molar-refractivity contribution >= 4 is 17.0 Å². The van der Waals surface area contributed by atoms with Crippen molar-refractivity contribution in [1.29, 1.82) is 0 Å². The molecule has 0 unspecified atom stereocenters. The molecule has 1 fully saturated rings. The maximum atomic E-state index is 6.05. The SMILES string of the molecule is CCCCOc1nc(N)c2nc(OC)n(CCOCCC3CCOCC3)c2n1. The third-order valence-electron chi connectivity index (χ3n) is 4.95. The summed E-state index contributed by atoms with van der Waals surface area (Å²) in [4.78, 5) is 13.1. The molecule has 0 aliphatic carbocycles. The molecule has 9 heteroatoms. The van der Waals surface area contributed by atoms with Crippen molar-refractivity contribution in [1.82, 2.24) is 19.5 Å². The summed E-state index contributed by atoms with van der Waals surface area (Å²) >= 11 is 0. The zero-order valence-corrected chi connectivity index (χ0v) is 16.9. The lowest BCUT2D eigenvalue weighted by atomic mass is 9.97. The molecule has 0 saturated carbocycles. The molecule has 1 aliphatic heterocycles. The first-order chi connectivity index (χ1) is 13.7. The molecule has 0 spiro atoms. The van der Waals surface area contributed by atoms with Crippen LogP contribution in [0.1, 0.15) is 39.0 Å². The van der Waals surface area contributed by atoms with Gasteiger partial charge in [-0.25, -0.2) is 0 Å². The second-order valence-electron chi connectivity index (χ2n) is 6.97. The second kappa shape index (κ2) is 10.4. The Morgan fingerprint density at radius 2 is 1.96 bits per heavy atom. The molecule has 0 bridgehead atoms. The Morgan fingerprint density at radius 3 is 2.71 bits per heavy atom. The highest BCUT2D eigenvalue weighted by atomic mass is 16.5. The monoisotopic (exact) mass is 393 g/mol. The Morgan fingerprint density at radius 1 is 1.14 bits per heavy atom. The minimum atomic E-state index is 0.266. The van der Waals surface area contributed by atoms with Gasteiger partial charge in [0.1, 0.15) is 0 Å². The van der Waals surface area contributed by atoms with Gasteiger partial charge in [-0.1, -0.05) is 13.3 Å². The van der Waals surface area contributed by atoms with Crippen molar-refractivity contribution in [2.45, 2.75) is 45.6 Å². The number of methoxy groups -OCH3 is 1. The highest BCUT2D eigenvalue weighted by Gasteiger charge is 2.18. The molecule has 0 aromatic carbocycles. The number of nitrogens with zero attached hydrogens (tertiary/aromatic N) is 4. The summed E-state index contributed by atoms with van der Waals surface area (Å²) in [6, 6.07) is 0.706. The van der Waals surface area contributed by atoms with E-state index in [0.29, 0.717) is 42.9 Å². The summed E-state index contributed by atoms with van der Waals surface area (Å²) in [6.45, 7) is 6.24. The number of fused-ring (bicyclic) bond motifs is 1. The predicted molar refractivity (Wildman–Crippen MR) is 106 cm³/mol. The molecule has 3 heterocycles. The number of nitrogen functional groups attached to an aromatic ring is 1. The van der Waals surface area contributed by atoms with Crippen LogP contribution in [0.2, 0.25) is 0 Å². The summed E-state index contributed by atoms with van der Waals surface area (Å²) < 4.78 is 24.1. The number of unbranched alkanes of at least 4 members (excludes halogenated alkanes) is 1. The average Bonchev–Trinajstić information content (AvgIpc) is 3.07. The van der Waals surface area contributed by atoms with E-state index in [4.69, 9.17) is 24.7 Å². The largest absolute Gasteiger partial charge is 0.468 e. The minimum absolute atomic E-state index is 0.266. The van der Waals surface area contributed by atoms with E-state index in [0.717, 1.165) is 51.9 Å². The number of hydrogen-bond donors (Lipinski definition) is 1. The van der Waals surface area contributed by atoms with Gasteiger partial charge in [-0.05, 0) is 31.6 Å². The number of hydrogen-bond acceptors (Lipinski definition) is 8. The maximum Gasteiger partial charge on any atom is 0.320 e. The Kier molecular flexibility index (Phi) is 7.67. The molecule has 2 aromatic heterocycles. The summed E-state index contributed by atoms with van der Waals surface area (Å²) in [5.41, 5.74) is 7.17. The normalized spacial score (nSPS) is 15.2. The van der Waals surface area contributed by atoms with Crippen molar-refractivity contribution in [2.24, 2.45) is 5.92 Å². The molecule has 2 N–H and O–H groups in total. The van der Waals surface area contributed by atoms with Gasteiger partial charge in [0.25, 0.3) is 6.01 Å². The van der Waals surface area contributed by atoms with E-state index in [-0.39, 0.29) is 11.8 Å². The molecule has 156 valence electrons. The van der Waals surface area contributed by atoms with E-state index < -0.39 is 0 Å². The fraction of sp³-hybridized carbons (Fsp3) is 0.737. The summed E-state index contributed by atoms with van der Waals surface area (Å²) in [7, 11) is 1.58. The molecule has 0 amide bonds. The average molecular weight is 393 g/mol. The topological polar surface area (TPSA) is 107 Å².